The van der Waals surface area contributed by atoms with Crippen LogP contribution in [0.25, 0.3) is 0 Å². The molecule has 0 bridgehead atoms. The van der Waals surface area contributed by atoms with Gasteiger partial charge in [-0.05, 0) is 19.4 Å². The molecule has 0 aromatic heterocycles. The lowest BCUT2D eigenvalue weighted by atomic mass is 9.90. The van der Waals surface area contributed by atoms with Crippen molar-refractivity contribution >= 4 is 0 Å². The van der Waals surface area contributed by atoms with E-state index in [1.165, 1.54) is 0 Å². The number of rotatable bonds is 3. The van der Waals surface area contributed by atoms with Gasteiger partial charge in [-0.25, -0.2) is 0 Å². The maximum Gasteiger partial charge on any atom is 0.0966 e. The highest BCUT2D eigenvalue weighted by atomic mass is 16.5. The van der Waals surface area contributed by atoms with Crippen LogP contribution in [0.15, 0.2) is 0 Å². The van der Waals surface area contributed by atoms with Crippen LogP contribution in [0.3, 0.4) is 0 Å². The Hall–Kier alpha value is -0.0800. The van der Waals surface area contributed by atoms with Gasteiger partial charge in [0.05, 0.1) is 12.8 Å². The van der Waals surface area contributed by atoms with Crippen LogP contribution in [-0.4, -0.2) is 19.9 Å². The molecule has 0 spiro atoms. The van der Waals surface area contributed by atoms with Gasteiger partial charge in [0.25, 0.3) is 0 Å². The van der Waals surface area contributed by atoms with E-state index in [4.69, 9.17) is 4.74 Å². The number of nitrogens with one attached hydrogen (secondary N) is 1. The Kier molecular flexibility index (Phi) is 3.91. The first-order chi connectivity index (χ1) is 4.48. The van der Waals surface area contributed by atoms with Crippen molar-refractivity contribution in [2.24, 2.45) is 5.41 Å². The molecule has 10 heavy (non-hydrogen) atoms. The van der Waals surface area contributed by atoms with Crippen LogP contribution in [0.1, 0.15) is 27.7 Å². The van der Waals surface area contributed by atoms with Crippen molar-refractivity contribution in [3.63, 3.8) is 0 Å². The van der Waals surface area contributed by atoms with Crippen molar-refractivity contribution in [3.05, 3.63) is 0 Å². The Balaban J connectivity index is 3.52. The van der Waals surface area contributed by atoms with E-state index in [0.29, 0.717) is 12.8 Å². The second-order valence-corrected chi connectivity index (χ2v) is 3.67. The lowest BCUT2D eigenvalue weighted by molar-refractivity contribution is -0.0114. The SMILES string of the molecule is CNCOC(C)C(C)(C)C. The average Bonchev–Trinajstić information content (AvgIpc) is 1.80. The Labute approximate surface area is 64.0 Å². The van der Waals surface area contributed by atoms with Gasteiger partial charge in [0.2, 0.25) is 0 Å². The van der Waals surface area contributed by atoms with Gasteiger partial charge in [0, 0.05) is 0 Å². The Morgan fingerprint density at radius 2 is 1.90 bits per heavy atom. The average molecular weight is 145 g/mol. The fourth-order valence-electron chi connectivity index (χ4n) is 0.458. The van der Waals surface area contributed by atoms with Crippen LogP contribution < -0.4 is 5.32 Å². The molecule has 1 N–H and O–H groups in total. The summed E-state index contributed by atoms with van der Waals surface area (Å²) < 4.78 is 5.44. The Morgan fingerprint density at radius 1 is 1.40 bits per heavy atom. The zero-order chi connectivity index (χ0) is 8.20. The van der Waals surface area contributed by atoms with Crippen LogP contribution in [0.2, 0.25) is 0 Å². The van der Waals surface area contributed by atoms with E-state index in [0.717, 1.165) is 0 Å². The van der Waals surface area contributed by atoms with Crippen molar-refractivity contribution in [3.8, 4) is 0 Å². The third kappa shape index (κ3) is 3.85. The largest absolute Gasteiger partial charge is 0.363 e. The van der Waals surface area contributed by atoms with Crippen LogP contribution in [0, 0.1) is 5.41 Å². The molecule has 1 unspecified atom stereocenters. The summed E-state index contributed by atoms with van der Waals surface area (Å²) in [4.78, 5) is 0. The summed E-state index contributed by atoms with van der Waals surface area (Å²) in [6.45, 7) is 9.25. The molecule has 0 aliphatic heterocycles. The molecule has 0 aliphatic carbocycles. The molecule has 0 heterocycles. The van der Waals surface area contributed by atoms with Crippen molar-refractivity contribution in [1.82, 2.24) is 5.32 Å². The highest BCUT2D eigenvalue weighted by molar-refractivity contribution is 4.69. The van der Waals surface area contributed by atoms with E-state index in [1.54, 1.807) is 0 Å². The third-order valence-corrected chi connectivity index (χ3v) is 1.70. The topological polar surface area (TPSA) is 21.3 Å². The molecular weight excluding hydrogens is 126 g/mol. The first kappa shape index (κ1) is 9.92. The lowest BCUT2D eigenvalue weighted by Crippen LogP contribution is -2.29. The maximum absolute atomic E-state index is 5.44. The molecule has 62 valence electrons. The zero-order valence-electron chi connectivity index (χ0n) is 7.69. The molecule has 2 heteroatoms. The van der Waals surface area contributed by atoms with Gasteiger partial charge in [0.15, 0.2) is 0 Å². The van der Waals surface area contributed by atoms with Crippen molar-refractivity contribution < 1.29 is 4.74 Å². The molecule has 0 radical (unpaired) electrons. The summed E-state index contributed by atoms with van der Waals surface area (Å²) in [5, 5.41) is 2.95. The molecule has 0 rings (SSSR count). The molecule has 0 saturated heterocycles. The van der Waals surface area contributed by atoms with Crippen LogP contribution >= 0.6 is 0 Å². The fourth-order valence-corrected chi connectivity index (χ4v) is 0.458. The van der Waals surface area contributed by atoms with E-state index in [2.05, 4.69) is 33.0 Å². The van der Waals surface area contributed by atoms with Gasteiger partial charge in [-0.1, -0.05) is 20.8 Å². The quantitative estimate of drug-likeness (QED) is 0.609. The van der Waals surface area contributed by atoms with Gasteiger partial charge in [-0.15, -0.1) is 0 Å². The number of hydrogen-bond donors (Lipinski definition) is 1. The minimum atomic E-state index is 0.247. The standard InChI is InChI=1S/C8H19NO/c1-7(8(2,3)4)10-6-9-5/h7,9H,6H2,1-5H3. The van der Waals surface area contributed by atoms with E-state index < -0.39 is 0 Å². The van der Waals surface area contributed by atoms with Gasteiger partial charge in [0.1, 0.15) is 0 Å². The predicted molar refractivity (Wildman–Crippen MR) is 43.9 cm³/mol. The van der Waals surface area contributed by atoms with Crippen molar-refractivity contribution in [2.45, 2.75) is 33.8 Å². The molecule has 0 aromatic rings. The Bertz CT molecular complexity index is 85.7. The van der Waals surface area contributed by atoms with Gasteiger partial charge in [-0.3, -0.25) is 5.32 Å². The normalized spacial score (nSPS) is 15.3. The molecule has 0 fully saturated rings. The van der Waals surface area contributed by atoms with E-state index >= 15 is 0 Å². The second-order valence-electron chi connectivity index (χ2n) is 3.67. The lowest BCUT2D eigenvalue weighted by Gasteiger charge is -2.26. The molecule has 0 aliphatic rings. The van der Waals surface area contributed by atoms with Crippen LogP contribution in [-0.2, 0) is 4.74 Å². The first-order valence-corrected chi connectivity index (χ1v) is 3.74. The summed E-state index contributed by atoms with van der Waals surface area (Å²) in [6.07, 6.45) is 0.306. The second kappa shape index (κ2) is 3.94. The summed E-state index contributed by atoms with van der Waals surface area (Å²) in [5.74, 6) is 0. The van der Waals surface area contributed by atoms with Gasteiger partial charge < -0.3 is 4.74 Å². The molecule has 1 atom stereocenters. The summed E-state index contributed by atoms with van der Waals surface area (Å²) in [7, 11) is 1.88. The molecular formula is C8H19NO. The minimum Gasteiger partial charge on any atom is -0.363 e. The number of ether oxygens (including phenoxy) is 1. The zero-order valence-corrected chi connectivity index (χ0v) is 7.69. The van der Waals surface area contributed by atoms with Crippen molar-refractivity contribution in [1.29, 1.82) is 0 Å². The molecule has 0 saturated carbocycles. The fraction of sp³-hybridized carbons (Fsp3) is 1.00. The summed E-state index contributed by atoms with van der Waals surface area (Å²) in [6, 6.07) is 0. The maximum atomic E-state index is 5.44. The van der Waals surface area contributed by atoms with E-state index in [1.807, 2.05) is 7.05 Å². The van der Waals surface area contributed by atoms with E-state index in [-0.39, 0.29) is 5.41 Å². The molecule has 0 aromatic carbocycles. The predicted octanol–water partition coefficient (Wildman–Crippen LogP) is 1.61. The molecule has 0 amide bonds. The van der Waals surface area contributed by atoms with Crippen molar-refractivity contribution in [2.75, 3.05) is 13.8 Å². The highest BCUT2D eigenvalue weighted by Crippen LogP contribution is 2.20. The van der Waals surface area contributed by atoms with Gasteiger partial charge >= 0.3 is 0 Å². The van der Waals surface area contributed by atoms with Gasteiger partial charge in [-0.2, -0.15) is 0 Å². The molecule has 2 nitrogen and oxygen atoms in total. The summed E-state index contributed by atoms with van der Waals surface area (Å²) >= 11 is 0. The highest BCUT2D eigenvalue weighted by Gasteiger charge is 2.19. The van der Waals surface area contributed by atoms with E-state index in [9.17, 15) is 0 Å². The first-order valence-electron chi connectivity index (χ1n) is 3.74. The smallest absolute Gasteiger partial charge is 0.0966 e. The Morgan fingerprint density at radius 3 is 2.20 bits per heavy atom. The van der Waals surface area contributed by atoms with Crippen LogP contribution in [0.4, 0.5) is 0 Å². The third-order valence-electron chi connectivity index (χ3n) is 1.70. The summed E-state index contributed by atoms with van der Waals surface area (Å²) in [5.41, 5.74) is 0.247. The number of hydrogen-bond acceptors (Lipinski definition) is 2. The monoisotopic (exact) mass is 145 g/mol. The van der Waals surface area contributed by atoms with Crippen LogP contribution in [0.5, 0.6) is 0 Å². The minimum absolute atomic E-state index is 0.247.